The van der Waals surface area contributed by atoms with Crippen molar-refractivity contribution in [3.8, 4) is 0 Å². The summed E-state index contributed by atoms with van der Waals surface area (Å²) in [5, 5.41) is 1.56. The number of fused-ring (bicyclic) bond motifs is 2. The molecular weight excluding hydrogens is 526 g/mol. The third-order valence-corrected chi connectivity index (χ3v) is 10.2. The average Bonchev–Trinajstić information content (AvgIpc) is 3.26. The normalized spacial score (nSPS) is 22.9. The van der Waals surface area contributed by atoms with Crippen LogP contribution in [0.1, 0.15) is 43.4 Å². The molecule has 7 heterocycles. The van der Waals surface area contributed by atoms with Gasteiger partial charge < -0.3 is 18.6 Å². The van der Waals surface area contributed by atoms with Crippen LogP contribution in [0.2, 0.25) is 0 Å². The fourth-order valence-corrected chi connectivity index (χ4v) is 7.38. The minimum atomic E-state index is -2.46. The molecule has 4 aliphatic rings. The molecule has 0 aromatic carbocycles. The lowest BCUT2D eigenvalue weighted by atomic mass is 9.73. The zero-order valence-corrected chi connectivity index (χ0v) is 23.1. The van der Waals surface area contributed by atoms with Crippen molar-refractivity contribution < 1.29 is 13.5 Å². The van der Waals surface area contributed by atoms with E-state index in [0.717, 1.165) is 73.7 Å². The number of piperidine rings is 1. The number of anilines is 1. The summed E-state index contributed by atoms with van der Waals surface area (Å²) in [5.41, 5.74) is 3.30. The van der Waals surface area contributed by atoms with Crippen molar-refractivity contribution >= 4 is 22.1 Å². The van der Waals surface area contributed by atoms with Gasteiger partial charge in [-0.1, -0.05) is 6.07 Å². The van der Waals surface area contributed by atoms with Gasteiger partial charge in [-0.05, 0) is 56.5 Å². The molecule has 1 aliphatic carbocycles. The second-order valence-electron chi connectivity index (χ2n) is 12.8. The highest BCUT2D eigenvalue weighted by atomic mass is 19.3. The molecule has 0 bridgehead atoms. The summed E-state index contributed by atoms with van der Waals surface area (Å²) in [6.07, 6.45) is 12.8. The molecule has 0 unspecified atom stereocenters. The van der Waals surface area contributed by atoms with Gasteiger partial charge in [-0.15, -0.1) is 0 Å². The fourth-order valence-electron chi connectivity index (χ4n) is 7.38. The van der Waals surface area contributed by atoms with Crippen LogP contribution in [0.25, 0.3) is 16.4 Å². The minimum absolute atomic E-state index is 0.0604. The van der Waals surface area contributed by atoms with Gasteiger partial charge in [0.15, 0.2) is 0 Å². The Kier molecular flexibility index (Phi) is 5.60. The molecule has 8 nitrogen and oxygen atoms in total. The van der Waals surface area contributed by atoms with Gasteiger partial charge in [-0.25, -0.2) is 13.8 Å². The van der Waals surface area contributed by atoms with Crippen molar-refractivity contribution in [3.05, 3.63) is 70.8 Å². The average molecular weight is 561 g/mol. The zero-order chi connectivity index (χ0) is 27.8. The maximum atomic E-state index is 13.7. The first kappa shape index (κ1) is 25.3. The molecule has 4 aromatic rings. The van der Waals surface area contributed by atoms with E-state index in [0.29, 0.717) is 43.3 Å². The maximum Gasteiger partial charge on any atom is 0.260 e. The molecule has 3 saturated heterocycles. The molecule has 0 atom stereocenters. The van der Waals surface area contributed by atoms with E-state index in [1.54, 1.807) is 10.8 Å². The standard InChI is InChI=1S/C31H34F2N6O2/c32-31(33)19-30(31)4-9-36(10-5-30)15-22-1-2-27-35-23(18-38(27)16-22)17-37-8-3-24-25(28(37)40)13-34-14-26(24)39-20-29(21-39)6-11-41-12-7-29/h1-3,8,13-14,16,18H,4-7,9-12,15,17,19-21H2. The van der Waals surface area contributed by atoms with E-state index in [1.807, 2.05) is 35.1 Å². The van der Waals surface area contributed by atoms with Gasteiger partial charge in [0.1, 0.15) is 5.65 Å². The molecule has 8 rings (SSSR count). The third kappa shape index (κ3) is 4.25. The van der Waals surface area contributed by atoms with E-state index < -0.39 is 11.3 Å². The molecule has 0 radical (unpaired) electrons. The highest BCUT2D eigenvalue weighted by Crippen LogP contribution is 2.65. The van der Waals surface area contributed by atoms with Crippen molar-refractivity contribution in [2.45, 2.75) is 51.1 Å². The van der Waals surface area contributed by atoms with Crippen LogP contribution in [0.15, 0.2) is 54.0 Å². The number of hydrogen-bond acceptors (Lipinski definition) is 6. The molecule has 214 valence electrons. The molecule has 1 saturated carbocycles. The smallest absolute Gasteiger partial charge is 0.260 e. The minimum Gasteiger partial charge on any atom is -0.381 e. The summed E-state index contributed by atoms with van der Waals surface area (Å²) in [4.78, 5) is 27.3. The summed E-state index contributed by atoms with van der Waals surface area (Å²) in [5.74, 6) is -2.46. The van der Waals surface area contributed by atoms with Gasteiger partial charge in [-0.2, -0.15) is 0 Å². The van der Waals surface area contributed by atoms with Crippen LogP contribution in [0, 0.1) is 10.8 Å². The number of imidazole rings is 1. The highest BCUT2D eigenvalue weighted by Gasteiger charge is 2.70. The Hall–Kier alpha value is -3.37. The number of nitrogens with zero attached hydrogens (tertiary/aromatic N) is 6. The van der Waals surface area contributed by atoms with E-state index in [9.17, 15) is 13.6 Å². The summed E-state index contributed by atoms with van der Waals surface area (Å²) in [6.45, 7) is 6.15. The lowest BCUT2D eigenvalue weighted by Crippen LogP contribution is -2.58. The lowest BCUT2D eigenvalue weighted by molar-refractivity contribution is -0.000120. The quantitative estimate of drug-likeness (QED) is 0.362. The van der Waals surface area contributed by atoms with Gasteiger partial charge in [0.25, 0.3) is 11.5 Å². The van der Waals surface area contributed by atoms with Crippen molar-refractivity contribution in [3.63, 3.8) is 0 Å². The first-order valence-electron chi connectivity index (χ1n) is 14.7. The van der Waals surface area contributed by atoms with Crippen LogP contribution in [0.3, 0.4) is 0 Å². The predicted molar refractivity (Wildman–Crippen MR) is 152 cm³/mol. The number of halogens is 2. The molecular formula is C31H34F2N6O2. The Morgan fingerprint density at radius 1 is 0.927 bits per heavy atom. The van der Waals surface area contributed by atoms with Gasteiger partial charge >= 0.3 is 0 Å². The van der Waals surface area contributed by atoms with Gasteiger partial charge in [0.2, 0.25) is 0 Å². The Bertz CT molecular complexity index is 1690. The highest BCUT2D eigenvalue weighted by molar-refractivity contribution is 5.93. The Labute approximate surface area is 236 Å². The Morgan fingerprint density at radius 3 is 2.46 bits per heavy atom. The lowest BCUT2D eigenvalue weighted by Gasteiger charge is -2.53. The molecule has 4 fully saturated rings. The van der Waals surface area contributed by atoms with Crippen molar-refractivity contribution in [1.82, 2.24) is 23.8 Å². The van der Waals surface area contributed by atoms with E-state index >= 15 is 0 Å². The third-order valence-electron chi connectivity index (χ3n) is 10.2. The van der Waals surface area contributed by atoms with Crippen molar-refractivity contribution in [1.29, 1.82) is 0 Å². The number of rotatable bonds is 5. The van der Waals surface area contributed by atoms with Crippen LogP contribution < -0.4 is 10.5 Å². The summed E-state index contributed by atoms with van der Waals surface area (Å²) in [7, 11) is 0. The number of hydrogen-bond donors (Lipinski definition) is 0. The maximum absolute atomic E-state index is 13.7. The second-order valence-corrected chi connectivity index (χ2v) is 12.8. The molecule has 10 heteroatoms. The van der Waals surface area contributed by atoms with Crippen LogP contribution in [-0.2, 0) is 17.8 Å². The topological polar surface area (TPSA) is 67.9 Å². The second kappa shape index (κ2) is 9.06. The van der Waals surface area contributed by atoms with E-state index in [1.165, 1.54) is 0 Å². The van der Waals surface area contributed by atoms with Crippen molar-refractivity contribution in [2.24, 2.45) is 10.8 Å². The SMILES string of the molecule is O=c1c2cncc(N3CC4(CCOCC4)C3)c2ccn1Cc1cn2cc(CN3CCC4(CC3)CC4(F)F)ccc2n1. The van der Waals surface area contributed by atoms with E-state index in [-0.39, 0.29) is 12.0 Å². The number of aromatic nitrogens is 4. The Morgan fingerprint density at radius 2 is 1.71 bits per heavy atom. The van der Waals surface area contributed by atoms with Crippen molar-refractivity contribution in [2.75, 3.05) is 44.3 Å². The zero-order valence-electron chi connectivity index (χ0n) is 23.1. The van der Waals surface area contributed by atoms with E-state index in [2.05, 4.69) is 27.0 Å². The monoisotopic (exact) mass is 560 g/mol. The summed E-state index contributed by atoms with van der Waals surface area (Å²) >= 11 is 0. The fraction of sp³-hybridized carbons (Fsp3) is 0.516. The molecule has 2 spiro atoms. The van der Waals surface area contributed by atoms with Crippen LogP contribution in [0.4, 0.5) is 14.5 Å². The molecule has 0 amide bonds. The first-order chi connectivity index (χ1) is 19.8. The van der Waals surface area contributed by atoms with Gasteiger partial charge in [0, 0.05) is 80.3 Å². The molecule has 41 heavy (non-hydrogen) atoms. The van der Waals surface area contributed by atoms with Gasteiger partial charge in [0.05, 0.1) is 29.5 Å². The predicted octanol–water partition coefficient (Wildman–Crippen LogP) is 4.33. The molecule has 0 N–H and O–H groups in total. The molecule has 4 aromatic heterocycles. The van der Waals surface area contributed by atoms with Crippen LogP contribution in [-0.4, -0.2) is 69.2 Å². The summed E-state index contributed by atoms with van der Waals surface area (Å²) < 4.78 is 36.7. The number of ether oxygens (including phenoxy) is 1. The summed E-state index contributed by atoms with van der Waals surface area (Å²) in [6, 6.07) is 6.06. The number of pyridine rings is 3. The van der Waals surface area contributed by atoms with Crippen LogP contribution in [0.5, 0.6) is 0 Å². The van der Waals surface area contributed by atoms with Crippen LogP contribution >= 0.6 is 0 Å². The Balaban J connectivity index is 0.976. The number of likely N-dealkylation sites (tertiary alicyclic amines) is 1. The number of alkyl halides is 2. The van der Waals surface area contributed by atoms with Gasteiger partial charge in [-0.3, -0.25) is 14.7 Å². The van der Waals surface area contributed by atoms with E-state index in [4.69, 9.17) is 9.72 Å². The molecule has 3 aliphatic heterocycles. The largest absolute Gasteiger partial charge is 0.381 e. The first-order valence-corrected chi connectivity index (χ1v) is 14.7.